The molecule has 4 heteroatoms. The van der Waals surface area contributed by atoms with E-state index in [1.54, 1.807) is 31.4 Å². The Kier molecular flexibility index (Phi) is 5.90. The molecule has 4 nitrogen and oxygen atoms in total. The predicted octanol–water partition coefficient (Wildman–Crippen LogP) is 3.75. The minimum Gasteiger partial charge on any atom is -0.496 e. The number of methoxy groups -OCH3 is 1. The average molecular weight is 324 g/mol. The second-order valence-corrected chi connectivity index (χ2v) is 5.41. The summed E-state index contributed by atoms with van der Waals surface area (Å²) in [7, 11) is 1.56. The lowest BCUT2D eigenvalue weighted by molar-refractivity contribution is -0.136. The van der Waals surface area contributed by atoms with Crippen molar-refractivity contribution in [2.75, 3.05) is 13.7 Å². The highest BCUT2D eigenvalue weighted by Crippen LogP contribution is 2.18. The maximum atomic E-state index is 12.1. The number of para-hydroxylation sites is 1. The fourth-order valence-corrected chi connectivity index (χ4v) is 2.14. The van der Waals surface area contributed by atoms with Crippen LogP contribution in [0.15, 0.2) is 48.5 Å². The Hall–Kier alpha value is -2.88. The second kappa shape index (κ2) is 8.11. The van der Waals surface area contributed by atoms with Crippen LogP contribution in [0, 0.1) is 13.8 Å². The molecule has 0 spiro atoms. The smallest absolute Gasteiger partial charge is 0.331 e. The third-order valence-electron chi connectivity index (χ3n) is 3.71. The zero-order chi connectivity index (χ0) is 17.5. The van der Waals surface area contributed by atoms with Crippen LogP contribution in [0.3, 0.4) is 0 Å². The van der Waals surface area contributed by atoms with Crippen molar-refractivity contribution in [1.82, 2.24) is 0 Å². The number of ether oxygens (including phenoxy) is 2. The molecule has 124 valence electrons. The van der Waals surface area contributed by atoms with Crippen LogP contribution in [-0.2, 0) is 9.53 Å². The number of hydrogen-bond donors (Lipinski definition) is 0. The number of Topliss-reactive ketones (excluding diaryl/α,β-unsaturated/α-hetero) is 1. The summed E-state index contributed by atoms with van der Waals surface area (Å²) in [5, 5.41) is 0. The lowest BCUT2D eigenvalue weighted by atomic mass is 10.0. The molecule has 0 radical (unpaired) electrons. The quantitative estimate of drug-likeness (QED) is 0.461. The van der Waals surface area contributed by atoms with E-state index in [1.165, 1.54) is 6.08 Å². The Morgan fingerprint density at radius 2 is 1.79 bits per heavy atom. The van der Waals surface area contributed by atoms with Gasteiger partial charge in [0.05, 0.1) is 7.11 Å². The summed E-state index contributed by atoms with van der Waals surface area (Å²) in [6.07, 6.45) is 2.88. The van der Waals surface area contributed by atoms with Gasteiger partial charge >= 0.3 is 5.97 Å². The number of ketones is 1. The summed E-state index contributed by atoms with van der Waals surface area (Å²) in [4.78, 5) is 23.8. The van der Waals surface area contributed by atoms with Gasteiger partial charge in [0.2, 0.25) is 0 Å². The maximum absolute atomic E-state index is 12.1. The van der Waals surface area contributed by atoms with Crippen molar-refractivity contribution in [3.8, 4) is 5.75 Å². The first-order valence-electron chi connectivity index (χ1n) is 7.59. The van der Waals surface area contributed by atoms with Crippen LogP contribution in [0.25, 0.3) is 6.08 Å². The standard InChI is InChI=1S/C20H20O4/c1-14-8-9-17(12-15(14)2)18(21)13-24-20(22)11-10-16-6-4-5-7-19(16)23-3/h4-12H,13H2,1-3H3/b11-10+. The summed E-state index contributed by atoms with van der Waals surface area (Å²) in [6, 6.07) is 12.7. The molecule has 0 fully saturated rings. The van der Waals surface area contributed by atoms with Crippen molar-refractivity contribution in [3.05, 3.63) is 70.8 Å². The zero-order valence-corrected chi connectivity index (χ0v) is 14.0. The third kappa shape index (κ3) is 4.56. The van der Waals surface area contributed by atoms with Gasteiger partial charge in [-0.05, 0) is 43.2 Å². The lowest BCUT2D eigenvalue weighted by Crippen LogP contribution is -2.12. The monoisotopic (exact) mass is 324 g/mol. The van der Waals surface area contributed by atoms with Gasteiger partial charge in [-0.2, -0.15) is 0 Å². The number of benzene rings is 2. The van der Waals surface area contributed by atoms with E-state index in [-0.39, 0.29) is 12.4 Å². The molecule has 0 aliphatic carbocycles. The summed E-state index contributed by atoms with van der Waals surface area (Å²) in [6.45, 7) is 3.64. The van der Waals surface area contributed by atoms with Gasteiger partial charge in [-0.15, -0.1) is 0 Å². The highest BCUT2D eigenvalue weighted by molar-refractivity contribution is 5.99. The Morgan fingerprint density at radius 1 is 1.04 bits per heavy atom. The van der Waals surface area contributed by atoms with E-state index >= 15 is 0 Å². The molecule has 0 aromatic heterocycles. The second-order valence-electron chi connectivity index (χ2n) is 5.41. The molecule has 2 aromatic carbocycles. The topological polar surface area (TPSA) is 52.6 Å². The van der Waals surface area contributed by atoms with E-state index in [0.29, 0.717) is 11.3 Å². The van der Waals surface area contributed by atoms with Gasteiger partial charge in [-0.1, -0.05) is 30.3 Å². The van der Waals surface area contributed by atoms with Crippen molar-refractivity contribution < 1.29 is 19.1 Å². The van der Waals surface area contributed by atoms with Crippen LogP contribution in [0.2, 0.25) is 0 Å². The van der Waals surface area contributed by atoms with Gasteiger partial charge in [0, 0.05) is 17.2 Å². The van der Waals surface area contributed by atoms with Crippen LogP contribution in [0.1, 0.15) is 27.0 Å². The summed E-state index contributed by atoms with van der Waals surface area (Å²) in [5.41, 5.74) is 3.45. The van der Waals surface area contributed by atoms with Gasteiger partial charge in [0.25, 0.3) is 0 Å². The summed E-state index contributed by atoms with van der Waals surface area (Å²) in [5.74, 6) is -0.136. The van der Waals surface area contributed by atoms with Crippen LogP contribution >= 0.6 is 0 Å². The molecular weight excluding hydrogens is 304 g/mol. The fourth-order valence-electron chi connectivity index (χ4n) is 2.14. The van der Waals surface area contributed by atoms with E-state index in [1.807, 2.05) is 38.1 Å². The molecule has 2 rings (SSSR count). The first kappa shape index (κ1) is 17.5. The van der Waals surface area contributed by atoms with Gasteiger partial charge in [0.1, 0.15) is 5.75 Å². The highest BCUT2D eigenvalue weighted by Gasteiger charge is 2.09. The number of esters is 1. The maximum Gasteiger partial charge on any atom is 0.331 e. The molecule has 0 aliphatic heterocycles. The van der Waals surface area contributed by atoms with E-state index in [0.717, 1.165) is 16.7 Å². The van der Waals surface area contributed by atoms with Gasteiger partial charge < -0.3 is 9.47 Å². The number of carbonyl (C=O) groups is 2. The minimum atomic E-state index is -0.571. The molecule has 0 amide bonds. The SMILES string of the molecule is COc1ccccc1/C=C/C(=O)OCC(=O)c1ccc(C)c(C)c1. The van der Waals surface area contributed by atoms with E-state index in [2.05, 4.69) is 0 Å². The highest BCUT2D eigenvalue weighted by atomic mass is 16.5. The van der Waals surface area contributed by atoms with Crippen molar-refractivity contribution in [1.29, 1.82) is 0 Å². The number of hydrogen-bond acceptors (Lipinski definition) is 4. The first-order valence-corrected chi connectivity index (χ1v) is 7.59. The Morgan fingerprint density at radius 3 is 2.50 bits per heavy atom. The number of aryl methyl sites for hydroxylation is 2. The van der Waals surface area contributed by atoms with Crippen molar-refractivity contribution in [2.24, 2.45) is 0 Å². The normalized spacial score (nSPS) is 10.6. The fraction of sp³-hybridized carbons (Fsp3) is 0.200. The molecule has 0 aliphatic rings. The average Bonchev–Trinajstić information content (AvgIpc) is 2.60. The zero-order valence-electron chi connectivity index (χ0n) is 14.0. The van der Waals surface area contributed by atoms with E-state index < -0.39 is 5.97 Å². The van der Waals surface area contributed by atoms with Crippen LogP contribution in [0.4, 0.5) is 0 Å². The molecule has 0 saturated heterocycles. The van der Waals surface area contributed by atoms with Crippen LogP contribution in [0.5, 0.6) is 5.75 Å². The Bertz CT molecular complexity index is 775. The van der Waals surface area contributed by atoms with Gasteiger partial charge in [-0.25, -0.2) is 4.79 Å². The van der Waals surface area contributed by atoms with Crippen LogP contribution < -0.4 is 4.74 Å². The summed E-state index contributed by atoms with van der Waals surface area (Å²) < 4.78 is 10.2. The van der Waals surface area contributed by atoms with E-state index in [9.17, 15) is 9.59 Å². The molecule has 0 N–H and O–H groups in total. The van der Waals surface area contributed by atoms with Gasteiger partial charge in [-0.3, -0.25) is 4.79 Å². The molecule has 0 atom stereocenters. The van der Waals surface area contributed by atoms with Gasteiger partial charge in [0.15, 0.2) is 12.4 Å². The molecule has 2 aromatic rings. The number of carbonyl (C=O) groups excluding carboxylic acids is 2. The summed E-state index contributed by atoms with van der Waals surface area (Å²) >= 11 is 0. The van der Waals surface area contributed by atoms with Crippen molar-refractivity contribution in [2.45, 2.75) is 13.8 Å². The third-order valence-corrected chi connectivity index (χ3v) is 3.71. The molecule has 24 heavy (non-hydrogen) atoms. The van der Waals surface area contributed by atoms with Crippen molar-refractivity contribution in [3.63, 3.8) is 0 Å². The molecule has 0 heterocycles. The Balaban J connectivity index is 1.94. The van der Waals surface area contributed by atoms with Crippen molar-refractivity contribution >= 4 is 17.8 Å². The molecule has 0 unspecified atom stereocenters. The van der Waals surface area contributed by atoms with Crippen LogP contribution in [-0.4, -0.2) is 25.5 Å². The first-order chi connectivity index (χ1) is 11.5. The molecule has 0 bridgehead atoms. The Labute approximate surface area is 141 Å². The largest absolute Gasteiger partial charge is 0.496 e. The minimum absolute atomic E-state index is 0.225. The lowest BCUT2D eigenvalue weighted by Gasteiger charge is -2.05. The predicted molar refractivity (Wildman–Crippen MR) is 93.2 cm³/mol. The molecule has 0 saturated carbocycles. The van der Waals surface area contributed by atoms with E-state index in [4.69, 9.17) is 9.47 Å². The number of rotatable bonds is 6. The molecular formula is C20H20O4.